The van der Waals surface area contributed by atoms with Crippen LogP contribution in [0.15, 0.2) is 42.5 Å². The molecule has 21 heavy (non-hydrogen) atoms. The molecule has 2 aromatic carbocycles. The predicted octanol–water partition coefficient (Wildman–Crippen LogP) is 3.32. The molecule has 0 bridgehead atoms. The standard InChI is InChI=1S/C16H17NO4/c1-11-9-16(12(2)8-14(11)17(19)20)21-10-15(18)13-6-4-3-5-7-13/h3-9,15,18H,10H2,1-2H3. The molecule has 0 aliphatic carbocycles. The number of aryl methyl sites for hydroxylation is 2. The van der Waals surface area contributed by atoms with Crippen LogP contribution in [0.1, 0.15) is 22.8 Å². The van der Waals surface area contributed by atoms with Crippen molar-refractivity contribution in [2.24, 2.45) is 0 Å². The number of benzene rings is 2. The number of aliphatic hydroxyl groups is 1. The highest BCUT2D eigenvalue weighted by Crippen LogP contribution is 2.28. The highest BCUT2D eigenvalue weighted by atomic mass is 16.6. The molecule has 0 amide bonds. The zero-order chi connectivity index (χ0) is 15.4. The molecule has 0 radical (unpaired) electrons. The Morgan fingerprint density at radius 3 is 2.48 bits per heavy atom. The molecule has 0 saturated heterocycles. The first-order chi connectivity index (χ1) is 9.99. The fourth-order valence-corrected chi connectivity index (χ4v) is 2.07. The third kappa shape index (κ3) is 3.58. The highest BCUT2D eigenvalue weighted by molar-refractivity contribution is 5.49. The molecule has 5 nitrogen and oxygen atoms in total. The van der Waals surface area contributed by atoms with Crippen molar-refractivity contribution in [2.45, 2.75) is 20.0 Å². The smallest absolute Gasteiger partial charge is 0.272 e. The summed E-state index contributed by atoms with van der Waals surface area (Å²) in [5.74, 6) is 0.549. The van der Waals surface area contributed by atoms with Gasteiger partial charge in [-0.15, -0.1) is 0 Å². The summed E-state index contributed by atoms with van der Waals surface area (Å²) in [6.07, 6.45) is -0.735. The molecule has 0 aliphatic heterocycles. The number of hydrogen-bond acceptors (Lipinski definition) is 4. The second-order valence-corrected chi connectivity index (χ2v) is 4.90. The summed E-state index contributed by atoms with van der Waals surface area (Å²) < 4.78 is 5.60. The molecule has 5 heteroatoms. The van der Waals surface area contributed by atoms with Gasteiger partial charge < -0.3 is 9.84 Å². The van der Waals surface area contributed by atoms with Gasteiger partial charge in [0.25, 0.3) is 5.69 Å². The lowest BCUT2D eigenvalue weighted by molar-refractivity contribution is -0.385. The van der Waals surface area contributed by atoms with Gasteiger partial charge in [0.05, 0.1) is 4.92 Å². The fourth-order valence-electron chi connectivity index (χ4n) is 2.07. The molecule has 0 fully saturated rings. The summed E-state index contributed by atoms with van der Waals surface area (Å²) in [6.45, 7) is 3.51. The number of rotatable bonds is 5. The Bertz CT molecular complexity index is 640. The van der Waals surface area contributed by atoms with Crippen molar-refractivity contribution in [2.75, 3.05) is 6.61 Å². The van der Waals surface area contributed by atoms with Crippen molar-refractivity contribution in [3.63, 3.8) is 0 Å². The van der Waals surface area contributed by atoms with Gasteiger partial charge >= 0.3 is 0 Å². The maximum atomic E-state index is 10.9. The van der Waals surface area contributed by atoms with Crippen molar-refractivity contribution in [1.82, 2.24) is 0 Å². The molecule has 0 spiro atoms. The Kier molecular flexibility index (Phi) is 4.55. The van der Waals surface area contributed by atoms with Crippen molar-refractivity contribution in [1.29, 1.82) is 0 Å². The van der Waals surface area contributed by atoms with Crippen LogP contribution in [0.4, 0.5) is 5.69 Å². The third-order valence-corrected chi connectivity index (χ3v) is 3.27. The number of ether oxygens (including phenoxy) is 1. The van der Waals surface area contributed by atoms with E-state index in [1.807, 2.05) is 30.3 Å². The Balaban J connectivity index is 2.10. The Hall–Kier alpha value is -2.40. The average molecular weight is 287 g/mol. The lowest BCUT2D eigenvalue weighted by Gasteiger charge is -2.14. The molecule has 2 aromatic rings. The number of nitrogens with zero attached hydrogens (tertiary/aromatic N) is 1. The Morgan fingerprint density at radius 1 is 1.19 bits per heavy atom. The van der Waals surface area contributed by atoms with E-state index in [0.717, 1.165) is 5.56 Å². The van der Waals surface area contributed by atoms with E-state index in [2.05, 4.69) is 0 Å². The Morgan fingerprint density at radius 2 is 1.86 bits per heavy atom. The van der Waals surface area contributed by atoms with Crippen LogP contribution in [-0.2, 0) is 0 Å². The molecule has 1 atom stereocenters. The van der Waals surface area contributed by atoms with Gasteiger partial charge in [-0.2, -0.15) is 0 Å². The van der Waals surface area contributed by atoms with E-state index in [9.17, 15) is 15.2 Å². The van der Waals surface area contributed by atoms with E-state index in [1.165, 1.54) is 6.07 Å². The molecule has 110 valence electrons. The summed E-state index contributed by atoms with van der Waals surface area (Å²) in [5.41, 5.74) is 2.06. The molecule has 1 unspecified atom stereocenters. The molecule has 2 rings (SSSR count). The van der Waals surface area contributed by atoms with Crippen LogP contribution in [0.3, 0.4) is 0 Å². The van der Waals surface area contributed by atoms with E-state index in [-0.39, 0.29) is 12.3 Å². The van der Waals surface area contributed by atoms with Crippen molar-refractivity contribution in [3.05, 3.63) is 69.3 Å². The summed E-state index contributed by atoms with van der Waals surface area (Å²) in [7, 11) is 0. The fraction of sp³-hybridized carbons (Fsp3) is 0.250. The minimum Gasteiger partial charge on any atom is -0.490 e. The van der Waals surface area contributed by atoms with Gasteiger partial charge in [-0.05, 0) is 31.0 Å². The van der Waals surface area contributed by atoms with Crippen molar-refractivity contribution >= 4 is 5.69 Å². The van der Waals surface area contributed by atoms with Gasteiger partial charge in [0.1, 0.15) is 18.5 Å². The third-order valence-electron chi connectivity index (χ3n) is 3.27. The van der Waals surface area contributed by atoms with Crippen LogP contribution in [0.2, 0.25) is 0 Å². The van der Waals surface area contributed by atoms with Crippen LogP contribution in [0, 0.1) is 24.0 Å². The van der Waals surface area contributed by atoms with Gasteiger partial charge in [-0.25, -0.2) is 0 Å². The molecule has 0 aromatic heterocycles. The van der Waals surface area contributed by atoms with Gasteiger partial charge in [0.15, 0.2) is 0 Å². The first kappa shape index (κ1) is 15.0. The van der Waals surface area contributed by atoms with Crippen molar-refractivity contribution < 1.29 is 14.8 Å². The molecular formula is C16H17NO4. The summed E-state index contributed by atoms with van der Waals surface area (Å²) >= 11 is 0. The predicted molar refractivity (Wildman–Crippen MR) is 79.5 cm³/mol. The van der Waals surface area contributed by atoms with Gasteiger partial charge in [-0.3, -0.25) is 10.1 Å². The summed E-state index contributed by atoms with van der Waals surface area (Å²) in [6, 6.07) is 12.3. The second-order valence-electron chi connectivity index (χ2n) is 4.90. The van der Waals surface area contributed by atoms with E-state index < -0.39 is 11.0 Å². The molecule has 0 aliphatic rings. The molecule has 1 N–H and O–H groups in total. The van der Waals surface area contributed by atoms with Crippen molar-refractivity contribution in [3.8, 4) is 5.75 Å². The largest absolute Gasteiger partial charge is 0.490 e. The molecule has 0 heterocycles. The first-order valence-electron chi connectivity index (χ1n) is 6.60. The van der Waals surface area contributed by atoms with Crippen LogP contribution in [0.5, 0.6) is 5.75 Å². The Labute approximate surface area is 123 Å². The second kappa shape index (κ2) is 6.37. The molecular weight excluding hydrogens is 270 g/mol. The SMILES string of the molecule is Cc1cc([N+](=O)[O-])c(C)cc1OCC(O)c1ccccc1. The topological polar surface area (TPSA) is 72.6 Å². The molecule has 0 saturated carbocycles. The van der Waals surface area contributed by atoms with Gasteiger partial charge in [0, 0.05) is 11.6 Å². The summed E-state index contributed by atoms with van der Waals surface area (Å²) in [5, 5.41) is 20.9. The van der Waals surface area contributed by atoms with E-state index in [0.29, 0.717) is 16.9 Å². The first-order valence-corrected chi connectivity index (χ1v) is 6.60. The van der Waals surface area contributed by atoms with E-state index >= 15 is 0 Å². The number of hydrogen-bond donors (Lipinski definition) is 1. The average Bonchev–Trinajstić information content (AvgIpc) is 2.48. The number of nitro groups is 1. The zero-order valence-electron chi connectivity index (χ0n) is 11.9. The van der Waals surface area contributed by atoms with Gasteiger partial charge in [0.2, 0.25) is 0 Å². The minimum absolute atomic E-state index is 0.0726. The van der Waals surface area contributed by atoms with Crippen LogP contribution in [-0.4, -0.2) is 16.6 Å². The monoisotopic (exact) mass is 287 g/mol. The highest BCUT2D eigenvalue weighted by Gasteiger charge is 2.15. The van der Waals surface area contributed by atoms with E-state index in [1.54, 1.807) is 19.9 Å². The quantitative estimate of drug-likeness (QED) is 0.676. The minimum atomic E-state index is -0.735. The normalized spacial score (nSPS) is 12.0. The van der Waals surface area contributed by atoms with Crippen LogP contribution >= 0.6 is 0 Å². The summed E-state index contributed by atoms with van der Waals surface area (Å²) in [4.78, 5) is 10.4. The maximum Gasteiger partial charge on any atom is 0.272 e. The number of nitro benzene ring substituents is 1. The van der Waals surface area contributed by atoms with Crippen LogP contribution in [0.25, 0.3) is 0 Å². The van der Waals surface area contributed by atoms with Gasteiger partial charge in [-0.1, -0.05) is 30.3 Å². The van der Waals surface area contributed by atoms with Crippen LogP contribution < -0.4 is 4.74 Å². The van der Waals surface area contributed by atoms with E-state index in [4.69, 9.17) is 4.74 Å². The maximum absolute atomic E-state index is 10.9. The lowest BCUT2D eigenvalue weighted by atomic mass is 10.1. The zero-order valence-corrected chi connectivity index (χ0v) is 11.9. The number of aliphatic hydroxyl groups excluding tert-OH is 1. The lowest BCUT2D eigenvalue weighted by Crippen LogP contribution is -2.10.